The molecule has 0 amide bonds. The summed E-state index contributed by atoms with van der Waals surface area (Å²) in [7, 11) is 2.15. The van der Waals surface area contributed by atoms with Crippen LogP contribution >= 0.6 is 0 Å². The van der Waals surface area contributed by atoms with Crippen LogP contribution in [0.4, 0.5) is 0 Å². The normalized spacial score (nSPS) is 24.0. The van der Waals surface area contributed by atoms with Crippen LogP contribution in [0.1, 0.15) is 30.5 Å². The van der Waals surface area contributed by atoms with Crippen LogP contribution in [0.5, 0.6) is 0 Å². The summed E-state index contributed by atoms with van der Waals surface area (Å²) in [5.41, 5.74) is 0. The van der Waals surface area contributed by atoms with Gasteiger partial charge in [0.25, 0.3) is 0 Å². The number of likely N-dealkylation sites (N-methyl/N-ethyl adjacent to an activating group) is 1. The average Bonchev–Trinajstić information content (AvgIpc) is 2.89. The Morgan fingerprint density at radius 2 is 2.10 bits per heavy atom. The first kappa shape index (κ1) is 14.5. The summed E-state index contributed by atoms with van der Waals surface area (Å²) in [6.45, 7) is 5.33. The highest BCUT2D eigenvalue weighted by atomic mass is 16.4. The van der Waals surface area contributed by atoms with Gasteiger partial charge in [-0.1, -0.05) is 0 Å². The fourth-order valence-electron chi connectivity index (χ4n) is 3.06. The molecule has 3 heterocycles. The highest BCUT2D eigenvalue weighted by Crippen LogP contribution is 2.23. The Morgan fingerprint density at radius 1 is 1.33 bits per heavy atom. The van der Waals surface area contributed by atoms with E-state index in [1.165, 1.54) is 0 Å². The smallest absolute Gasteiger partial charge is 0.328 e. The lowest BCUT2D eigenvalue weighted by Crippen LogP contribution is -2.45. The average molecular weight is 293 g/mol. The van der Waals surface area contributed by atoms with Crippen molar-refractivity contribution in [2.75, 3.05) is 39.8 Å². The van der Waals surface area contributed by atoms with E-state index in [2.05, 4.69) is 26.9 Å². The molecule has 0 radical (unpaired) electrons. The van der Waals surface area contributed by atoms with Crippen molar-refractivity contribution in [1.29, 1.82) is 0 Å². The van der Waals surface area contributed by atoms with Gasteiger partial charge in [-0.25, -0.2) is 14.5 Å². The molecular formula is C14H23N5O2. The molecule has 0 bridgehead atoms. The second-order valence-corrected chi connectivity index (χ2v) is 6.03. The van der Waals surface area contributed by atoms with Gasteiger partial charge in [0.1, 0.15) is 5.82 Å². The Morgan fingerprint density at radius 3 is 2.81 bits per heavy atom. The van der Waals surface area contributed by atoms with E-state index in [1.54, 1.807) is 4.68 Å². The Kier molecular flexibility index (Phi) is 4.21. The van der Waals surface area contributed by atoms with Gasteiger partial charge in [-0.2, -0.15) is 5.10 Å². The minimum atomic E-state index is -0.800. The first-order valence-electron chi connectivity index (χ1n) is 7.71. The summed E-state index contributed by atoms with van der Waals surface area (Å²) < 4.78 is 1.63. The van der Waals surface area contributed by atoms with Crippen molar-refractivity contribution in [3.8, 4) is 0 Å². The second-order valence-electron chi connectivity index (χ2n) is 6.03. The van der Waals surface area contributed by atoms with E-state index in [1.807, 2.05) is 0 Å². The SMILES string of the molecule is CN1CCN(CCc2nc3n(n2)C(C(=O)O)CCC3)CC1. The topological polar surface area (TPSA) is 74.5 Å². The minimum Gasteiger partial charge on any atom is -0.480 e. The molecule has 0 aromatic carbocycles. The monoisotopic (exact) mass is 293 g/mol. The number of fused-ring (bicyclic) bond motifs is 1. The van der Waals surface area contributed by atoms with Gasteiger partial charge in [-0.05, 0) is 19.9 Å². The third-order valence-electron chi connectivity index (χ3n) is 4.45. The number of aryl methyl sites for hydroxylation is 1. The fourth-order valence-corrected chi connectivity index (χ4v) is 3.06. The van der Waals surface area contributed by atoms with E-state index >= 15 is 0 Å². The van der Waals surface area contributed by atoms with E-state index in [0.29, 0.717) is 6.42 Å². The number of carbonyl (C=O) groups is 1. The van der Waals surface area contributed by atoms with Crippen LogP contribution in [0, 0.1) is 0 Å². The van der Waals surface area contributed by atoms with Crippen molar-refractivity contribution in [3.05, 3.63) is 11.6 Å². The zero-order valence-electron chi connectivity index (χ0n) is 12.5. The summed E-state index contributed by atoms with van der Waals surface area (Å²) >= 11 is 0. The molecule has 1 atom stereocenters. The molecule has 0 spiro atoms. The number of hydrogen-bond donors (Lipinski definition) is 1. The third kappa shape index (κ3) is 3.24. The largest absolute Gasteiger partial charge is 0.480 e. The van der Waals surface area contributed by atoms with Gasteiger partial charge >= 0.3 is 5.97 Å². The summed E-state index contributed by atoms with van der Waals surface area (Å²) in [5.74, 6) is 0.825. The molecule has 2 aliphatic heterocycles. The maximum absolute atomic E-state index is 11.3. The Bertz CT molecular complexity index is 507. The lowest BCUT2D eigenvalue weighted by atomic mass is 10.1. The molecule has 2 aliphatic rings. The molecule has 0 aliphatic carbocycles. The summed E-state index contributed by atoms with van der Waals surface area (Å²) in [4.78, 5) is 20.6. The molecule has 1 N–H and O–H groups in total. The van der Waals surface area contributed by atoms with Crippen LogP contribution in [0.25, 0.3) is 0 Å². The van der Waals surface area contributed by atoms with Crippen molar-refractivity contribution in [2.24, 2.45) is 0 Å². The standard InChI is InChI=1S/C14H23N5O2/c1-17-7-9-18(10-8-17)6-5-12-15-13-4-2-3-11(14(20)21)19(13)16-12/h11H,2-10H2,1H3,(H,20,21). The first-order valence-corrected chi connectivity index (χ1v) is 7.71. The predicted molar refractivity (Wildman–Crippen MR) is 77.3 cm³/mol. The van der Waals surface area contributed by atoms with Gasteiger partial charge < -0.3 is 14.9 Å². The van der Waals surface area contributed by atoms with E-state index in [4.69, 9.17) is 0 Å². The van der Waals surface area contributed by atoms with E-state index < -0.39 is 12.0 Å². The molecule has 1 unspecified atom stereocenters. The van der Waals surface area contributed by atoms with Crippen molar-refractivity contribution in [1.82, 2.24) is 24.6 Å². The highest BCUT2D eigenvalue weighted by Gasteiger charge is 2.28. The van der Waals surface area contributed by atoms with Crippen molar-refractivity contribution in [2.45, 2.75) is 31.7 Å². The van der Waals surface area contributed by atoms with Crippen LogP contribution in [0.15, 0.2) is 0 Å². The molecule has 1 aromatic heterocycles. The number of piperazine rings is 1. The number of hydrogen-bond acceptors (Lipinski definition) is 5. The molecule has 1 fully saturated rings. The van der Waals surface area contributed by atoms with Crippen molar-refractivity contribution >= 4 is 5.97 Å². The number of carboxylic acid groups (broad SMARTS) is 1. The second kappa shape index (κ2) is 6.11. The highest BCUT2D eigenvalue weighted by molar-refractivity contribution is 5.71. The quantitative estimate of drug-likeness (QED) is 0.844. The predicted octanol–water partition coefficient (Wildman–Crippen LogP) is 0.0300. The number of aliphatic carboxylic acids is 1. The molecule has 7 heteroatoms. The number of aromatic nitrogens is 3. The van der Waals surface area contributed by atoms with Crippen LogP contribution in [-0.2, 0) is 17.6 Å². The third-order valence-corrected chi connectivity index (χ3v) is 4.45. The Balaban J connectivity index is 1.61. The van der Waals surface area contributed by atoms with E-state index in [9.17, 15) is 9.90 Å². The van der Waals surface area contributed by atoms with Gasteiger partial charge in [-0.3, -0.25) is 0 Å². The summed E-state index contributed by atoms with van der Waals surface area (Å²) in [6, 6.07) is -0.529. The Labute approximate surface area is 124 Å². The maximum Gasteiger partial charge on any atom is 0.328 e. The number of rotatable bonds is 4. The van der Waals surface area contributed by atoms with Gasteiger partial charge in [0.2, 0.25) is 0 Å². The molecule has 3 rings (SSSR count). The van der Waals surface area contributed by atoms with Crippen LogP contribution in [0.3, 0.4) is 0 Å². The minimum absolute atomic E-state index is 0.529. The summed E-state index contributed by atoms with van der Waals surface area (Å²) in [6.07, 6.45) is 3.18. The van der Waals surface area contributed by atoms with Crippen molar-refractivity contribution in [3.63, 3.8) is 0 Å². The van der Waals surface area contributed by atoms with Gasteiger partial charge in [-0.15, -0.1) is 0 Å². The maximum atomic E-state index is 11.3. The first-order chi connectivity index (χ1) is 10.1. The fraction of sp³-hybridized carbons (Fsp3) is 0.786. The van der Waals surface area contributed by atoms with Crippen molar-refractivity contribution < 1.29 is 9.90 Å². The van der Waals surface area contributed by atoms with E-state index in [0.717, 1.165) is 63.6 Å². The van der Waals surface area contributed by atoms with Crippen LogP contribution < -0.4 is 0 Å². The molecular weight excluding hydrogens is 270 g/mol. The van der Waals surface area contributed by atoms with E-state index in [-0.39, 0.29) is 0 Å². The molecule has 116 valence electrons. The lowest BCUT2D eigenvalue weighted by molar-refractivity contribution is -0.141. The van der Waals surface area contributed by atoms with Crippen LogP contribution in [0.2, 0.25) is 0 Å². The van der Waals surface area contributed by atoms with Gasteiger partial charge in [0.05, 0.1) is 0 Å². The zero-order chi connectivity index (χ0) is 14.8. The molecule has 7 nitrogen and oxygen atoms in total. The molecule has 21 heavy (non-hydrogen) atoms. The summed E-state index contributed by atoms with van der Waals surface area (Å²) in [5, 5.41) is 13.7. The molecule has 1 aromatic rings. The van der Waals surface area contributed by atoms with Crippen LogP contribution in [-0.4, -0.2) is 75.4 Å². The lowest BCUT2D eigenvalue weighted by Gasteiger charge is -2.31. The van der Waals surface area contributed by atoms with Gasteiger partial charge in [0, 0.05) is 45.6 Å². The van der Waals surface area contributed by atoms with Gasteiger partial charge in [0.15, 0.2) is 11.9 Å². The zero-order valence-corrected chi connectivity index (χ0v) is 12.5. The molecule has 1 saturated heterocycles. The number of nitrogens with zero attached hydrogens (tertiary/aromatic N) is 5. The Hall–Kier alpha value is -1.47. The molecule has 0 saturated carbocycles. The number of carboxylic acids is 1.